The van der Waals surface area contributed by atoms with E-state index < -0.39 is 28.8 Å². The summed E-state index contributed by atoms with van der Waals surface area (Å²) >= 11 is 0. The molecule has 0 aliphatic heterocycles. The number of amides is 1. The Morgan fingerprint density at radius 3 is 2.39 bits per heavy atom. The minimum absolute atomic E-state index is 0.0235. The Morgan fingerprint density at radius 2 is 1.79 bits per heavy atom. The van der Waals surface area contributed by atoms with Crippen molar-refractivity contribution < 1.29 is 23.9 Å². The smallest absolute Gasteiger partial charge is 0.326 e. The minimum atomic E-state index is -1.37. The topological polar surface area (TPSA) is 108 Å². The third-order valence-electron chi connectivity index (χ3n) is 6.16. The number of carbonyl (C=O) groups is 3. The fraction of sp³-hybridized carbons (Fsp3) is 0.571. The number of anilines is 1. The molecule has 2 aliphatic carbocycles. The van der Waals surface area contributed by atoms with Crippen molar-refractivity contribution in [3.05, 3.63) is 29.8 Å². The molecule has 2 fully saturated rings. The molecule has 28 heavy (non-hydrogen) atoms. The van der Waals surface area contributed by atoms with Crippen LogP contribution in [0.3, 0.4) is 0 Å². The molecule has 2 saturated carbocycles. The summed E-state index contributed by atoms with van der Waals surface area (Å²) in [6.45, 7) is 5.83. The van der Waals surface area contributed by atoms with E-state index >= 15 is 0 Å². The highest BCUT2D eigenvalue weighted by Crippen LogP contribution is 2.74. The predicted molar refractivity (Wildman–Crippen MR) is 103 cm³/mol. The van der Waals surface area contributed by atoms with Gasteiger partial charge in [-0.25, -0.2) is 0 Å². The highest BCUT2D eigenvalue weighted by molar-refractivity contribution is 5.96. The molecule has 3 rings (SSSR count). The number of carbonyl (C=O) groups excluding carboxylic acids is 3. The maximum atomic E-state index is 12.8. The average Bonchev–Trinajstić information content (AvgIpc) is 3.21. The van der Waals surface area contributed by atoms with Gasteiger partial charge in [0.2, 0.25) is 5.91 Å². The van der Waals surface area contributed by atoms with E-state index in [1.54, 1.807) is 13.8 Å². The maximum Gasteiger partial charge on any atom is 0.326 e. The number of ether oxygens (including phenoxy) is 2. The predicted octanol–water partition coefficient (Wildman–Crippen LogP) is 2.17. The summed E-state index contributed by atoms with van der Waals surface area (Å²) in [5, 5.41) is 2.85. The van der Waals surface area contributed by atoms with Crippen LogP contribution in [0, 0.1) is 24.2 Å². The van der Waals surface area contributed by atoms with Crippen molar-refractivity contribution in [1.82, 2.24) is 0 Å². The van der Waals surface area contributed by atoms with Crippen molar-refractivity contribution in [3.63, 3.8) is 0 Å². The van der Waals surface area contributed by atoms with Gasteiger partial charge in [-0.1, -0.05) is 17.7 Å². The van der Waals surface area contributed by atoms with E-state index in [9.17, 15) is 14.4 Å². The van der Waals surface area contributed by atoms with Crippen LogP contribution in [0.5, 0.6) is 0 Å². The van der Waals surface area contributed by atoms with Crippen LogP contribution in [-0.4, -0.2) is 36.6 Å². The van der Waals surface area contributed by atoms with Gasteiger partial charge in [-0.2, -0.15) is 0 Å². The molecule has 0 saturated heterocycles. The van der Waals surface area contributed by atoms with Crippen LogP contribution in [-0.2, 0) is 23.9 Å². The van der Waals surface area contributed by atoms with Crippen LogP contribution in [0.4, 0.5) is 5.69 Å². The van der Waals surface area contributed by atoms with Crippen molar-refractivity contribution in [1.29, 1.82) is 0 Å². The Hall–Kier alpha value is -2.41. The summed E-state index contributed by atoms with van der Waals surface area (Å²) in [4.78, 5) is 38.0. The molecule has 1 aromatic rings. The van der Waals surface area contributed by atoms with E-state index in [2.05, 4.69) is 5.32 Å². The lowest BCUT2D eigenvalue weighted by Crippen LogP contribution is -2.57. The summed E-state index contributed by atoms with van der Waals surface area (Å²) in [6, 6.07) is 7.43. The van der Waals surface area contributed by atoms with Crippen molar-refractivity contribution in [2.75, 3.05) is 18.5 Å². The normalized spacial score (nSPS) is 30.3. The molecule has 4 unspecified atom stereocenters. The van der Waals surface area contributed by atoms with Crippen LogP contribution < -0.4 is 11.1 Å². The zero-order chi connectivity index (χ0) is 20.5. The van der Waals surface area contributed by atoms with E-state index in [1.165, 1.54) is 0 Å². The standard InChI is InChI=1S/C21H28N2O5/c1-4-27-18(25)17-15-10-11-21(22,19(26)28-5-2)20(15,17)12-16(24)23-14-8-6-13(3)7-9-14/h6-9,15,17H,4-5,10-12,22H2,1-3H3,(H,23,24). The van der Waals surface area contributed by atoms with Gasteiger partial charge in [-0.3, -0.25) is 14.4 Å². The molecule has 152 valence electrons. The van der Waals surface area contributed by atoms with E-state index in [1.807, 2.05) is 31.2 Å². The number of nitrogens with one attached hydrogen (secondary N) is 1. The Kier molecular flexibility index (Phi) is 5.48. The quantitative estimate of drug-likeness (QED) is 0.693. The molecule has 0 heterocycles. The molecular weight excluding hydrogens is 360 g/mol. The molecule has 0 spiro atoms. The number of hydrogen-bond acceptors (Lipinski definition) is 6. The van der Waals surface area contributed by atoms with Gasteiger partial charge in [0.15, 0.2) is 0 Å². The van der Waals surface area contributed by atoms with Crippen LogP contribution in [0.2, 0.25) is 0 Å². The lowest BCUT2D eigenvalue weighted by molar-refractivity contribution is -0.155. The second-order valence-corrected chi connectivity index (χ2v) is 7.70. The summed E-state index contributed by atoms with van der Waals surface area (Å²) in [7, 11) is 0. The summed E-state index contributed by atoms with van der Waals surface area (Å²) in [6.07, 6.45) is 0.963. The van der Waals surface area contributed by atoms with Gasteiger partial charge in [-0.05, 0) is 51.7 Å². The summed E-state index contributed by atoms with van der Waals surface area (Å²) in [5.41, 5.74) is 5.95. The first kappa shape index (κ1) is 20.3. The Morgan fingerprint density at radius 1 is 1.14 bits per heavy atom. The van der Waals surface area contributed by atoms with Crippen molar-refractivity contribution in [2.45, 2.75) is 45.6 Å². The maximum absolute atomic E-state index is 12.8. The Balaban J connectivity index is 1.85. The largest absolute Gasteiger partial charge is 0.466 e. The molecule has 3 N–H and O–H groups in total. The third kappa shape index (κ3) is 3.17. The summed E-state index contributed by atoms with van der Waals surface area (Å²) < 4.78 is 10.4. The first-order chi connectivity index (χ1) is 13.3. The molecular formula is C21H28N2O5. The monoisotopic (exact) mass is 388 g/mol. The van der Waals surface area contributed by atoms with Gasteiger partial charge in [0.05, 0.1) is 19.1 Å². The van der Waals surface area contributed by atoms with Gasteiger partial charge in [-0.15, -0.1) is 0 Å². The molecule has 0 radical (unpaired) electrons. The van der Waals surface area contributed by atoms with Crippen LogP contribution in [0.1, 0.15) is 38.7 Å². The average molecular weight is 388 g/mol. The lowest BCUT2D eigenvalue weighted by atomic mass is 9.77. The molecule has 4 atom stereocenters. The van der Waals surface area contributed by atoms with Crippen LogP contribution in [0.15, 0.2) is 24.3 Å². The number of fused-ring (bicyclic) bond motifs is 1. The molecule has 7 heteroatoms. The van der Waals surface area contributed by atoms with E-state index in [4.69, 9.17) is 15.2 Å². The van der Waals surface area contributed by atoms with Gasteiger partial charge in [0.1, 0.15) is 5.54 Å². The minimum Gasteiger partial charge on any atom is -0.466 e. The van der Waals surface area contributed by atoms with E-state index in [0.717, 1.165) is 5.56 Å². The molecule has 2 aliphatic rings. The van der Waals surface area contributed by atoms with Gasteiger partial charge >= 0.3 is 11.9 Å². The molecule has 0 bridgehead atoms. The lowest BCUT2D eigenvalue weighted by Gasteiger charge is -2.33. The molecule has 1 aromatic carbocycles. The Labute approximate surface area is 164 Å². The molecule has 0 aromatic heterocycles. The first-order valence-electron chi connectivity index (χ1n) is 9.79. The number of benzene rings is 1. The zero-order valence-electron chi connectivity index (χ0n) is 16.6. The second-order valence-electron chi connectivity index (χ2n) is 7.70. The highest BCUT2D eigenvalue weighted by atomic mass is 16.5. The van der Waals surface area contributed by atoms with Gasteiger partial charge in [0, 0.05) is 17.5 Å². The number of hydrogen-bond donors (Lipinski definition) is 2. The SMILES string of the molecule is CCOC(=O)C1C2CCC(N)(C(=O)OCC)C21CC(=O)Nc1ccc(C)cc1. The summed E-state index contributed by atoms with van der Waals surface area (Å²) in [5.74, 6) is -1.92. The van der Waals surface area contributed by atoms with Crippen molar-refractivity contribution >= 4 is 23.5 Å². The van der Waals surface area contributed by atoms with Crippen molar-refractivity contribution in [3.8, 4) is 0 Å². The van der Waals surface area contributed by atoms with Gasteiger partial charge < -0.3 is 20.5 Å². The fourth-order valence-corrected chi connectivity index (χ4v) is 4.83. The second kappa shape index (κ2) is 7.54. The highest BCUT2D eigenvalue weighted by Gasteiger charge is 2.82. The third-order valence-corrected chi connectivity index (χ3v) is 6.16. The molecule has 7 nitrogen and oxygen atoms in total. The number of nitrogens with two attached hydrogens (primary N) is 1. The number of esters is 2. The fourth-order valence-electron chi connectivity index (χ4n) is 4.83. The Bertz CT molecular complexity index is 778. The molecule has 1 amide bonds. The van der Waals surface area contributed by atoms with E-state index in [-0.39, 0.29) is 31.5 Å². The zero-order valence-corrected chi connectivity index (χ0v) is 16.6. The van der Waals surface area contributed by atoms with Crippen molar-refractivity contribution in [2.24, 2.45) is 23.0 Å². The first-order valence-corrected chi connectivity index (χ1v) is 9.79. The van der Waals surface area contributed by atoms with Crippen LogP contribution >= 0.6 is 0 Å². The number of aryl methyl sites for hydroxylation is 1. The van der Waals surface area contributed by atoms with Gasteiger partial charge in [0.25, 0.3) is 0 Å². The van der Waals surface area contributed by atoms with E-state index in [0.29, 0.717) is 18.5 Å². The van der Waals surface area contributed by atoms with Crippen LogP contribution in [0.25, 0.3) is 0 Å². The number of rotatable bonds is 7.